The maximum atomic E-state index is 12.4. The molecule has 1 N–H and O–H groups in total. The molecule has 6 nitrogen and oxygen atoms in total. The van der Waals surface area contributed by atoms with Gasteiger partial charge < -0.3 is 10.2 Å². The van der Waals surface area contributed by atoms with Crippen LogP contribution in [0.25, 0.3) is 0 Å². The number of fused-ring (bicyclic) bond motifs is 1. The lowest BCUT2D eigenvalue weighted by Gasteiger charge is -2.26. The first kappa shape index (κ1) is 21.7. The van der Waals surface area contributed by atoms with Gasteiger partial charge in [0, 0.05) is 21.7 Å². The van der Waals surface area contributed by atoms with E-state index in [1.165, 1.54) is 11.8 Å². The Morgan fingerprint density at radius 3 is 2.57 bits per heavy atom. The molecular formula is C20H19BrClN3O3S2. The molecule has 1 fully saturated rings. The van der Waals surface area contributed by atoms with Gasteiger partial charge in [0.25, 0.3) is 0 Å². The van der Waals surface area contributed by atoms with Crippen LogP contribution >= 0.6 is 39.3 Å². The van der Waals surface area contributed by atoms with Crippen LogP contribution in [0.5, 0.6) is 0 Å². The van der Waals surface area contributed by atoms with E-state index in [0.717, 1.165) is 15.7 Å². The SMILES string of the molecule is O=C(CSC1=N[C@@H]2CS(=O)(=O)C[C@H]2N1Cc1ccc(Cl)cc1)Nc1ccc(Br)cc1. The molecule has 2 heterocycles. The Bertz CT molecular complexity index is 1080. The number of carbonyl (C=O) groups excluding carboxylic acids is 1. The predicted octanol–water partition coefficient (Wildman–Crippen LogP) is 3.81. The van der Waals surface area contributed by atoms with E-state index in [1.54, 1.807) is 0 Å². The van der Waals surface area contributed by atoms with Crippen molar-refractivity contribution in [2.75, 3.05) is 22.6 Å². The molecule has 2 aliphatic heterocycles. The standard InChI is InChI=1S/C20H19BrClN3O3S2/c21-14-3-7-16(8-4-14)23-19(26)10-29-20-24-17-11-30(27,28)12-18(17)25(20)9-13-1-5-15(22)6-2-13/h1-8,17-18H,9-12H2,(H,23,26)/t17-,18-/m1/s1. The van der Waals surface area contributed by atoms with Crippen molar-refractivity contribution < 1.29 is 13.2 Å². The maximum absolute atomic E-state index is 12.4. The van der Waals surface area contributed by atoms with Gasteiger partial charge in [-0.15, -0.1) is 0 Å². The van der Waals surface area contributed by atoms with E-state index in [9.17, 15) is 13.2 Å². The number of rotatable bonds is 5. The van der Waals surface area contributed by atoms with Gasteiger partial charge in [-0.05, 0) is 42.0 Å². The molecule has 0 saturated carbocycles. The van der Waals surface area contributed by atoms with Gasteiger partial charge in [0.2, 0.25) is 5.91 Å². The van der Waals surface area contributed by atoms with E-state index in [4.69, 9.17) is 11.6 Å². The number of hydrogen-bond donors (Lipinski definition) is 1. The third kappa shape index (κ3) is 5.19. The monoisotopic (exact) mass is 527 g/mol. The third-order valence-corrected chi connectivity index (χ3v) is 8.43. The molecule has 0 spiro atoms. The van der Waals surface area contributed by atoms with Gasteiger partial charge in [-0.3, -0.25) is 9.79 Å². The highest BCUT2D eigenvalue weighted by Gasteiger charge is 2.46. The Morgan fingerprint density at radius 1 is 1.17 bits per heavy atom. The summed E-state index contributed by atoms with van der Waals surface area (Å²) in [6.45, 7) is 0.522. The molecule has 0 radical (unpaired) electrons. The summed E-state index contributed by atoms with van der Waals surface area (Å²) in [4.78, 5) is 19.0. The van der Waals surface area contributed by atoms with Crippen LogP contribution in [0.3, 0.4) is 0 Å². The van der Waals surface area contributed by atoms with Gasteiger partial charge >= 0.3 is 0 Å². The molecule has 2 atom stereocenters. The summed E-state index contributed by atoms with van der Waals surface area (Å²) >= 11 is 10.7. The van der Waals surface area contributed by atoms with Crippen LogP contribution in [-0.4, -0.2) is 53.7 Å². The molecule has 30 heavy (non-hydrogen) atoms. The van der Waals surface area contributed by atoms with E-state index in [0.29, 0.717) is 16.7 Å². The molecule has 2 aromatic rings. The van der Waals surface area contributed by atoms with Crippen LogP contribution in [0, 0.1) is 0 Å². The van der Waals surface area contributed by atoms with Crippen LogP contribution in [0.4, 0.5) is 5.69 Å². The molecule has 0 unspecified atom stereocenters. The molecule has 0 bridgehead atoms. The summed E-state index contributed by atoms with van der Waals surface area (Å²) in [5, 5.41) is 4.22. The third-order valence-electron chi connectivity index (χ3n) is 4.94. The van der Waals surface area contributed by atoms with Gasteiger partial charge in [-0.25, -0.2) is 8.42 Å². The lowest BCUT2D eigenvalue weighted by atomic mass is 10.1. The van der Waals surface area contributed by atoms with E-state index >= 15 is 0 Å². The highest BCUT2D eigenvalue weighted by Crippen LogP contribution is 2.32. The van der Waals surface area contributed by atoms with Crippen LogP contribution < -0.4 is 5.32 Å². The molecule has 0 aliphatic carbocycles. The van der Waals surface area contributed by atoms with Crippen molar-refractivity contribution in [2.24, 2.45) is 4.99 Å². The molecule has 1 saturated heterocycles. The van der Waals surface area contributed by atoms with Crippen LogP contribution in [0.1, 0.15) is 5.56 Å². The minimum atomic E-state index is -3.10. The number of amides is 1. The fraction of sp³-hybridized carbons (Fsp3) is 0.300. The normalized spacial score (nSPS) is 21.9. The highest BCUT2D eigenvalue weighted by molar-refractivity contribution is 9.10. The highest BCUT2D eigenvalue weighted by atomic mass is 79.9. The van der Waals surface area contributed by atoms with Gasteiger partial charge in [0.15, 0.2) is 15.0 Å². The first-order chi connectivity index (χ1) is 14.3. The zero-order chi connectivity index (χ0) is 21.3. The number of amidine groups is 1. The number of nitrogens with zero attached hydrogens (tertiary/aromatic N) is 2. The fourth-order valence-corrected chi connectivity index (χ4v) is 6.72. The second kappa shape index (κ2) is 8.90. The Morgan fingerprint density at radius 2 is 1.87 bits per heavy atom. The number of sulfone groups is 1. The molecular weight excluding hydrogens is 510 g/mol. The summed E-state index contributed by atoms with van der Waals surface area (Å²) in [5.41, 5.74) is 1.73. The van der Waals surface area contributed by atoms with E-state index < -0.39 is 9.84 Å². The smallest absolute Gasteiger partial charge is 0.234 e. The van der Waals surface area contributed by atoms with Crippen molar-refractivity contribution in [3.8, 4) is 0 Å². The summed E-state index contributed by atoms with van der Waals surface area (Å²) in [7, 11) is -3.10. The van der Waals surface area contributed by atoms with E-state index in [1.807, 2.05) is 53.4 Å². The fourth-order valence-electron chi connectivity index (χ4n) is 3.54. The summed E-state index contributed by atoms with van der Waals surface area (Å²) in [6, 6.07) is 14.4. The number of thioether (sulfide) groups is 1. The van der Waals surface area contributed by atoms with Crippen molar-refractivity contribution in [1.82, 2.24) is 4.90 Å². The Hall–Kier alpha value is -1.55. The van der Waals surface area contributed by atoms with Crippen molar-refractivity contribution in [3.63, 3.8) is 0 Å². The minimum Gasteiger partial charge on any atom is -0.341 e. The van der Waals surface area contributed by atoms with Gasteiger partial charge in [0.05, 0.1) is 29.3 Å². The molecule has 4 rings (SSSR count). The average Bonchev–Trinajstić information content (AvgIpc) is 3.16. The number of halogens is 2. The summed E-state index contributed by atoms with van der Waals surface area (Å²) in [5.74, 6) is 0.202. The Labute approximate surface area is 193 Å². The molecule has 158 valence electrons. The van der Waals surface area contributed by atoms with Gasteiger partial charge in [-0.2, -0.15) is 0 Å². The second-order valence-electron chi connectivity index (χ2n) is 7.22. The maximum Gasteiger partial charge on any atom is 0.234 e. The van der Waals surface area contributed by atoms with Gasteiger partial charge in [0.1, 0.15) is 0 Å². The number of nitrogens with one attached hydrogen (secondary N) is 1. The van der Waals surface area contributed by atoms with Crippen LogP contribution in [0.2, 0.25) is 5.02 Å². The van der Waals surface area contributed by atoms with Crippen molar-refractivity contribution in [2.45, 2.75) is 18.6 Å². The minimum absolute atomic E-state index is 0.0595. The first-order valence-electron chi connectivity index (χ1n) is 9.27. The van der Waals surface area contributed by atoms with Crippen LogP contribution in [0.15, 0.2) is 58.0 Å². The molecule has 1 amide bonds. The second-order valence-corrected chi connectivity index (χ2v) is 11.7. The van der Waals surface area contributed by atoms with Gasteiger partial charge in [-0.1, -0.05) is 51.4 Å². The van der Waals surface area contributed by atoms with Crippen molar-refractivity contribution in [1.29, 1.82) is 0 Å². The number of carbonyl (C=O) groups is 1. The van der Waals surface area contributed by atoms with Crippen molar-refractivity contribution in [3.05, 3.63) is 63.6 Å². The Kier molecular flexibility index (Phi) is 6.43. The first-order valence-corrected chi connectivity index (χ1v) is 13.2. The van der Waals surface area contributed by atoms with Crippen LogP contribution in [-0.2, 0) is 21.2 Å². The quantitative estimate of drug-likeness (QED) is 0.638. The molecule has 10 heteroatoms. The average molecular weight is 529 g/mol. The number of benzene rings is 2. The largest absolute Gasteiger partial charge is 0.341 e. The van der Waals surface area contributed by atoms with E-state index in [-0.39, 0.29) is 35.2 Å². The zero-order valence-electron chi connectivity index (χ0n) is 15.8. The Balaban J connectivity index is 1.44. The number of anilines is 1. The number of hydrogen-bond acceptors (Lipinski definition) is 6. The topological polar surface area (TPSA) is 78.8 Å². The number of aliphatic imine (C=N–C) groups is 1. The zero-order valence-corrected chi connectivity index (χ0v) is 19.8. The molecule has 2 aromatic carbocycles. The lowest BCUT2D eigenvalue weighted by Crippen LogP contribution is -2.38. The summed E-state index contributed by atoms with van der Waals surface area (Å²) in [6.07, 6.45) is 0. The molecule has 0 aromatic heterocycles. The predicted molar refractivity (Wildman–Crippen MR) is 126 cm³/mol. The molecule has 2 aliphatic rings. The summed E-state index contributed by atoms with van der Waals surface area (Å²) < 4.78 is 25.1. The van der Waals surface area contributed by atoms with E-state index in [2.05, 4.69) is 26.2 Å². The van der Waals surface area contributed by atoms with Crippen molar-refractivity contribution >= 4 is 65.9 Å². The lowest BCUT2D eigenvalue weighted by molar-refractivity contribution is -0.113.